The smallest absolute Gasteiger partial charge is 0.327 e. The van der Waals surface area contributed by atoms with Gasteiger partial charge in [-0.1, -0.05) is 0 Å². The lowest BCUT2D eigenvalue weighted by atomic mass is 10.0. The molecule has 0 aromatic heterocycles. The number of piperidine rings is 1. The molecule has 0 amide bonds. The predicted octanol–water partition coefficient (Wildman–Crippen LogP) is 1.60. The van der Waals surface area contributed by atoms with E-state index in [1.165, 1.54) is 12.1 Å². The molecule has 2 atom stereocenters. The number of hydrogen-bond donors (Lipinski definition) is 1. The van der Waals surface area contributed by atoms with Crippen molar-refractivity contribution >= 4 is 10.0 Å². The Hall–Kier alpha value is -1.63. The number of nitrogens with two attached hydrogens (primary N) is 1. The van der Waals surface area contributed by atoms with Crippen molar-refractivity contribution in [2.75, 3.05) is 6.54 Å². The van der Waals surface area contributed by atoms with E-state index in [1.807, 2.05) is 6.07 Å². The fraction of sp³-hybridized carbons (Fsp3) is 0.462. The Bertz CT molecular complexity index is 680. The molecule has 0 radical (unpaired) electrons. The summed E-state index contributed by atoms with van der Waals surface area (Å²) in [6, 6.07) is 3.86. The molecule has 2 rings (SSSR count). The number of sulfonamides is 1. The van der Waals surface area contributed by atoms with Crippen LogP contribution in [0.5, 0.6) is 0 Å². The highest BCUT2D eigenvalue weighted by molar-refractivity contribution is 7.89. The fourth-order valence-electron chi connectivity index (χ4n) is 2.40. The van der Waals surface area contributed by atoms with Gasteiger partial charge in [0.05, 0.1) is 16.5 Å². The minimum Gasteiger partial charge on any atom is -0.327 e. The lowest BCUT2D eigenvalue weighted by molar-refractivity contribution is -0.178. The summed E-state index contributed by atoms with van der Waals surface area (Å²) in [5, 5.41) is 8.69. The molecule has 0 aliphatic carbocycles. The molecule has 22 heavy (non-hydrogen) atoms. The van der Waals surface area contributed by atoms with E-state index >= 15 is 0 Å². The maximum Gasteiger partial charge on any atom is 0.405 e. The van der Waals surface area contributed by atoms with Gasteiger partial charge in [-0.3, -0.25) is 0 Å². The highest BCUT2D eigenvalue weighted by Gasteiger charge is 2.50. The van der Waals surface area contributed by atoms with Gasteiger partial charge in [-0.25, -0.2) is 8.42 Å². The Kier molecular flexibility index (Phi) is 4.47. The number of alkyl halides is 3. The third kappa shape index (κ3) is 3.24. The summed E-state index contributed by atoms with van der Waals surface area (Å²) in [5.41, 5.74) is 5.86. The molecular weight excluding hydrogens is 319 g/mol. The Morgan fingerprint density at radius 3 is 2.32 bits per heavy atom. The van der Waals surface area contributed by atoms with Gasteiger partial charge in [-0.05, 0) is 37.1 Å². The van der Waals surface area contributed by atoms with Gasteiger partial charge in [0.25, 0.3) is 0 Å². The van der Waals surface area contributed by atoms with Crippen molar-refractivity contribution in [1.29, 1.82) is 5.26 Å². The van der Waals surface area contributed by atoms with Crippen molar-refractivity contribution in [2.24, 2.45) is 5.73 Å². The minimum atomic E-state index is -4.65. The second kappa shape index (κ2) is 5.87. The van der Waals surface area contributed by atoms with E-state index in [-0.39, 0.29) is 29.8 Å². The van der Waals surface area contributed by atoms with Crippen LogP contribution in [0.3, 0.4) is 0 Å². The molecule has 1 aromatic rings. The number of hydrogen-bond acceptors (Lipinski definition) is 4. The molecule has 5 nitrogen and oxygen atoms in total. The highest BCUT2D eigenvalue weighted by atomic mass is 32.2. The summed E-state index contributed by atoms with van der Waals surface area (Å²) in [5.74, 6) is 0. The Morgan fingerprint density at radius 2 is 1.82 bits per heavy atom. The van der Waals surface area contributed by atoms with E-state index in [9.17, 15) is 21.6 Å². The molecule has 1 fully saturated rings. The van der Waals surface area contributed by atoms with Crippen LogP contribution in [-0.4, -0.2) is 37.5 Å². The molecule has 9 heteroatoms. The average Bonchev–Trinajstić information content (AvgIpc) is 2.46. The van der Waals surface area contributed by atoms with Crippen molar-refractivity contribution in [2.45, 2.75) is 36.0 Å². The molecule has 0 saturated carbocycles. The highest BCUT2D eigenvalue weighted by Crippen LogP contribution is 2.35. The maximum absolute atomic E-state index is 13.1. The van der Waals surface area contributed by atoms with Crippen molar-refractivity contribution in [3.63, 3.8) is 0 Å². The van der Waals surface area contributed by atoms with E-state index in [0.717, 1.165) is 12.1 Å². The van der Waals surface area contributed by atoms with Gasteiger partial charge in [-0.2, -0.15) is 22.7 Å². The van der Waals surface area contributed by atoms with Crippen LogP contribution in [0.4, 0.5) is 13.2 Å². The van der Waals surface area contributed by atoms with Crippen LogP contribution in [0.2, 0.25) is 0 Å². The second-order valence-corrected chi connectivity index (χ2v) is 7.00. The molecular formula is C13H14F3N3O2S. The van der Waals surface area contributed by atoms with E-state index in [4.69, 9.17) is 11.0 Å². The van der Waals surface area contributed by atoms with E-state index < -0.39 is 28.3 Å². The zero-order chi connectivity index (χ0) is 16.5. The molecule has 2 unspecified atom stereocenters. The van der Waals surface area contributed by atoms with Gasteiger partial charge in [0.1, 0.15) is 6.04 Å². The summed E-state index contributed by atoms with van der Waals surface area (Å²) in [4.78, 5) is -0.283. The van der Waals surface area contributed by atoms with Crippen LogP contribution in [0.25, 0.3) is 0 Å². The normalized spacial score (nSPS) is 24.0. The number of rotatable bonds is 2. The summed E-state index contributed by atoms with van der Waals surface area (Å²) >= 11 is 0. The SMILES string of the molecule is N#Cc1ccc(S(=O)(=O)N2CC(N)CCC2C(F)(F)F)cc1. The Morgan fingerprint density at radius 1 is 1.23 bits per heavy atom. The first kappa shape index (κ1) is 16.7. The molecule has 120 valence electrons. The number of benzene rings is 1. The lowest BCUT2D eigenvalue weighted by Gasteiger charge is -2.38. The minimum absolute atomic E-state index is 0.115. The van der Waals surface area contributed by atoms with Crippen molar-refractivity contribution in [3.05, 3.63) is 29.8 Å². The first-order chi connectivity index (χ1) is 10.2. The summed E-state index contributed by atoms with van der Waals surface area (Å²) in [6.07, 6.45) is -4.90. The molecule has 1 aromatic carbocycles. The van der Waals surface area contributed by atoms with Crippen LogP contribution in [0.15, 0.2) is 29.2 Å². The molecule has 1 aliphatic heterocycles. The lowest BCUT2D eigenvalue weighted by Crippen LogP contribution is -2.56. The zero-order valence-corrected chi connectivity index (χ0v) is 12.2. The Balaban J connectivity index is 2.41. The van der Waals surface area contributed by atoms with Crippen molar-refractivity contribution in [3.8, 4) is 6.07 Å². The first-order valence-electron chi connectivity index (χ1n) is 6.50. The average molecular weight is 333 g/mol. The van der Waals surface area contributed by atoms with Gasteiger partial charge in [0.15, 0.2) is 0 Å². The van der Waals surface area contributed by atoms with E-state index in [2.05, 4.69) is 0 Å². The van der Waals surface area contributed by atoms with Crippen LogP contribution >= 0.6 is 0 Å². The summed E-state index contributed by atoms with van der Waals surface area (Å²) in [7, 11) is -4.33. The summed E-state index contributed by atoms with van der Waals surface area (Å²) < 4.78 is 64.7. The van der Waals surface area contributed by atoms with E-state index in [0.29, 0.717) is 4.31 Å². The van der Waals surface area contributed by atoms with Gasteiger partial charge >= 0.3 is 6.18 Å². The maximum atomic E-state index is 13.1. The number of nitriles is 1. The van der Waals surface area contributed by atoms with Crippen LogP contribution in [-0.2, 0) is 10.0 Å². The van der Waals surface area contributed by atoms with Crippen molar-refractivity contribution in [1.82, 2.24) is 4.31 Å². The van der Waals surface area contributed by atoms with Gasteiger partial charge < -0.3 is 5.73 Å². The van der Waals surface area contributed by atoms with Crippen LogP contribution in [0, 0.1) is 11.3 Å². The monoisotopic (exact) mass is 333 g/mol. The third-order valence-corrected chi connectivity index (χ3v) is 5.43. The van der Waals surface area contributed by atoms with Gasteiger partial charge in [-0.15, -0.1) is 0 Å². The number of halogens is 3. The van der Waals surface area contributed by atoms with E-state index in [1.54, 1.807) is 0 Å². The largest absolute Gasteiger partial charge is 0.405 e. The van der Waals surface area contributed by atoms with Crippen molar-refractivity contribution < 1.29 is 21.6 Å². The first-order valence-corrected chi connectivity index (χ1v) is 7.94. The molecule has 2 N–H and O–H groups in total. The third-order valence-electron chi connectivity index (χ3n) is 3.54. The molecule has 1 heterocycles. The zero-order valence-electron chi connectivity index (χ0n) is 11.4. The fourth-order valence-corrected chi connectivity index (χ4v) is 4.09. The molecule has 0 bridgehead atoms. The second-order valence-electron chi connectivity index (χ2n) is 5.11. The standard InChI is InChI=1S/C13H14F3N3O2S/c14-13(15,16)12-6-3-10(18)8-19(12)22(20,21)11-4-1-9(7-17)2-5-11/h1-2,4-5,10,12H,3,6,8,18H2. The quantitative estimate of drug-likeness (QED) is 0.890. The van der Waals surface area contributed by atoms with Gasteiger partial charge in [0.2, 0.25) is 10.0 Å². The molecule has 0 spiro atoms. The Labute approximate surface area is 126 Å². The van der Waals surface area contributed by atoms with Gasteiger partial charge in [0, 0.05) is 12.6 Å². The molecule has 1 saturated heterocycles. The molecule has 1 aliphatic rings. The van der Waals surface area contributed by atoms with Crippen LogP contribution in [0.1, 0.15) is 18.4 Å². The number of nitrogens with zero attached hydrogens (tertiary/aromatic N) is 2. The summed E-state index contributed by atoms with van der Waals surface area (Å²) in [6.45, 7) is -0.382. The topological polar surface area (TPSA) is 87.2 Å². The predicted molar refractivity (Wildman–Crippen MR) is 72.1 cm³/mol. The van der Waals surface area contributed by atoms with Crippen LogP contribution < -0.4 is 5.73 Å².